The monoisotopic (exact) mass is 521 g/mol. The Labute approximate surface area is 201 Å². The number of carbonyl (C=O) groups is 2. The highest BCUT2D eigenvalue weighted by Crippen LogP contribution is 2.19. The maximum atomic E-state index is 13.1. The van der Waals surface area contributed by atoms with Crippen LogP contribution in [0.25, 0.3) is 0 Å². The number of benzene rings is 2. The molecule has 0 saturated heterocycles. The van der Waals surface area contributed by atoms with Crippen molar-refractivity contribution >= 4 is 45.2 Å². The van der Waals surface area contributed by atoms with Crippen LogP contribution in [-0.2, 0) is 21.9 Å². The number of rotatable bonds is 11. The van der Waals surface area contributed by atoms with E-state index in [1.165, 1.54) is 23.9 Å². The summed E-state index contributed by atoms with van der Waals surface area (Å²) in [6.07, 6.45) is 0.809. The van der Waals surface area contributed by atoms with Crippen LogP contribution in [0.1, 0.15) is 38.3 Å². The summed E-state index contributed by atoms with van der Waals surface area (Å²) in [5.41, 5.74) is 1.86. The minimum absolute atomic E-state index is 0.0317. The zero-order chi connectivity index (χ0) is 23.7. The summed E-state index contributed by atoms with van der Waals surface area (Å²) < 4.78 is 0.909. The van der Waals surface area contributed by atoms with Crippen LogP contribution >= 0.6 is 27.7 Å². The van der Waals surface area contributed by atoms with Gasteiger partial charge in [-0.05, 0) is 43.5 Å². The van der Waals surface area contributed by atoms with Crippen LogP contribution in [0.4, 0.5) is 5.69 Å². The van der Waals surface area contributed by atoms with Crippen molar-refractivity contribution in [2.45, 2.75) is 51.6 Å². The van der Waals surface area contributed by atoms with Crippen LogP contribution in [0.5, 0.6) is 0 Å². The van der Waals surface area contributed by atoms with E-state index >= 15 is 0 Å². The second-order valence-electron chi connectivity index (χ2n) is 7.56. The number of hydrogen-bond donors (Lipinski definition) is 1. The number of nitro groups is 1. The number of nitro benzene ring substituents is 1. The topological polar surface area (TPSA) is 92.6 Å². The van der Waals surface area contributed by atoms with Gasteiger partial charge in [-0.1, -0.05) is 47.1 Å². The lowest BCUT2D eigenvalue weighted by Crippen LogP contribution is -2.50. The van der Waals surface area contributed by atoms with Crippen molar-refractivity contribution in [1.29, 1.82) is 0 Å². The molecular weight excluding hydrogens is 494 g/mol. The van der Waals surface area contributed by atoms with Gasteiger partial charge in [0.05, 0.1) is 10.7 Å². The van der Waals surface area contributed by atoms with Gasteiger partial charge in [0.1, 0.15) is 6.04 Å². The molecule has 9 heteroatoms. The van der Waals surface area contributed by atoms with Gasteiger partial charge in [-0.2, -0.15) is 0 Å². The van der Waals surface area contributed by atoms with Gasteiger partial charge in [-0.3, -0.25) is 19.7 Å². The molecule has 0 aliphatic heterocycles. The lowest BCUT2D eigenvalue weighted by atomic mass is 10.1. The summed E-state index contributed by atoms with van der Waals surface area (Å²) in [6.45, 7) is 6.00. The van der Waals surface area contributed by atoms with E-state index in [4.69, 9.17) is 0 Å². The summed E-state index contributed by atoms with van der Waals surface area (Å²) in [5, 5.41) is 13.7. The van der Waals surface area contributed by atoms with E-state index in [-0.39, 0.29) is 29.3 Å². The predicted molar refractivity (Wildman–Crippen MR) is 131 cm³/mol. The van der Waals surface area contributed by atoms with Gasteiger partial charge >= 0.3 is 0 Å². The van der Waals surface area contributed by atoms with E-state index in [0.29, 0.717) is 12.3 Å². The Balaban J connectivity index is 2.06. The molecule has 2 aromatic carbocycles. The van der Waals surface area contributed by atoms with E-state index in [1.807, 2.05) is 38.1 Å². The Kier molecular flexibility index (Phi) is 10.2. The molecule has 0 unspecified atom stereocenters. The minimum Gasteiger partial charge on any atom is -0.352 e. The summed E-state index contributed by atoms with van der Waals surface area (Å²) in [6, 6.07) is 13.4. The van der Waals surface area contributed by atoms with Crippen molar-refractivity contribution < 1.29 is 14.5 Å². The third-order valence-corrected chi connectivity index (χ3v) is 6.53. The van der Waals surface area contributed by atoms with Crippen LogP contribution in [0, 0.1) is 10.1 Å². The minimum atomic E-state index is -0.615. The molecule has 0 fully saturated rings. The third kappa shape index (κ3) is 7.94. The molecule has 0 saturated carbocycles. The smallest absolute Gasteiger partial charge is 0.269 e. The van der Waals surface area contributed by atoms with Gasteiger partial charge in [0.2, 0.25) is 11.8 Å². The fourth-order valence-electron chi connectivity index (χ4n) is 2.93. The van der Waals surface area contributed by atoms with Crippen molar-refractivity contribution in [2.24, 2.45) is 0 Å². The number of nitrogens with zero attached hydrogens (tertiary/aromatic N) is 2. The van der Waals surface area contributed by atoms with Crippen LogP contribution in [-0.4, -0.2) is 39.5 Å². The summed E-state index contributed by atoms with van der Waals surface area (Å²) in [5.74, 6) is 0.431. The molecular formula is C23H28BrN3O4S. The first-order valence-electron chi connectivity index (χ1n) is 10.4. The zero-order valence-electron chi connectivity index (χ0n) is 18.4. The number of non-ortho nitro benzene ring substituents is 1. The number of nitrogens with one attached hydrogen (secondary N) is 1. The molecule has 172 valence electrons. The first kappa shape index (κ1) is 25.9. The molecule has 2 aromatic rings. The van der Waals surface area contributed by atoms with Gasteiger partial charge in [0, 0.05) is 34.9 Å². The van der Waals surface area contributed by atoms with Crippen LogP contribution in [0.2, 0.25) is 0 Å². The first-order valence-corrected chi connectivity index (χ1v) is 12.3. The van der Waals surface area contributed by atoms with Crippen LogP contribution in [0.15, 0.2) is 53.0 Å². The van der Waals surface area contributed by atoms with E-state index in [9.17, 15) is 19.7 Å². The highest BCUT2D eigenvalue weighted by Gasteiger charge is 2.26. The van der Waals surface area contributed by atoms with Crippen molar-refractivity contribution in [1.82, 2.24) is 10.2 Å². The highest BCUT2D eigenvalue weighted by molar-refractivity contribution is 9.10. The van der Waals surface area contributed by atoms with Crippen LogP contribution < -0.4 is 5.32 Å². The van der Waals surface area contributed by atoms with E-state index in [1.54, 1.807) is 24.0 Å². The molecule has 0 aliphatic carbocycles. The summed E-state index contributed by atoms with van der Waals surface area (Å²) >= 11 is 4.87. The SMILES string of the molecule is CC[C@@H](C)NC(=O)[C@H](C)N(Cc1cccc(Br)c1)C(=O)CSCc1ccc([N+](=O)[O-])cc1. The van der Waals surface area contributed by atoms with Crippen molar-refractivity contribution in [3.63, 3.8) is 0 Å². The summed E-state index contributed by atoms with van der Waals surface area (Å²) in [4.78, 5) is 37.8. The molecule has 0 aromatic heterocycles. The Hall–Kier alpha value is -2.39. The lowest BCUT2D eigenvalue weighted by Gasteiger charge is -2.29. The maximum absolute atomic E-state index is 13.1. The Morgan fingerprint density at radius 3 is 2.44 bits per heavy atom. The molecule has 7 nitrogen and oxygen atoms in total. The molecule has 2 rings (SSSR count). The number of amides is 2. The van der Waals surface area contributed by atoms with Gasteiger partial charge in [0.15, 0.2) is 0 Å². The second-order valence-corrected chi connectivity index (χ2v) is 9.46. The molecule has 1 N–H and O–H groups in total. The first-order chi connectivity index (χ1) is 15.2. The Morgan fingerprint density at radius 2 is 1.84 bits per heavy atom. The van der Waals surface area contributed by atoms with Crippen molar-refractivity contribution in [2.75, 3.05) is 5.75 Å². The largest absolute Gasteiger partial charge is 0.352 e. The van der Waals surface area contributed by atoms with Gasteiger partial charge in [-0.25, -0.2) is 0 Å². The fourth-order valence-corrected chi connectivity index (χ4v) is 4.25. The fraction of sp³-hybridized carbons (Fsp3) is 0.391. The molecule has 2 atom stereocenters. The van der Waals surface area contributed by atoms with Gasteiger partial charge < -0.3 is 10.2 Å². The molecule has 0 spiro atoms. The van der Waals surface area contributed by atoms with E-state index in [0.717, 1.165) is 22.0 Å². The molecule has 0 aliphatic rings. The quantitative estimate of drug-likeness (QED) is 0.334. The molecule has 0 heterocycles. The van der Waals surface area contributed by atoms with Gasteiger partial charge in [-0.15, -0.1) is 11.8 Å². The normalized spacial score (nSPS) is 12.6. The maximum Gasteiger partial charge on any atom is 0.269 e. The molecule has 0 radical (unpaired) electrons. The standard InChI is InChI=1S/C23H28BrN3O4S/c1-4-16(2)25-23(29)17(3)26(13-19-6-5-7-20(24)12-19)22(28)15-32-14-18-8-10-21(11-9-18)27(30)31/h5-12,16-17H,4,13-15H2,1-3H3,(H,25,29)/t16-,17+/m1/s1. The molecule has 2 amide bonds. The number of carbonyl (C=O) groups excluding carboxylic acids is 2. The van der Waals surface area contributed by atoms with E-state index in [2.05, 4.69) is 21.2 Å². The molecule has 32 heavy (non-hydrogen) atoms. The number of thioether (sulfide) groups is 1. The highest BCUT2D eigenvalue weighted by atomic mass is 79.9. The molecule has 0 bridgehead atoms. The third-order valence-electron chi connectivity index (χ3n) is 5.05. The Bertz CT molecular complexity index is 939. The average Bonchev–Trinajstić information content (AvgIpc) is 2.77. The zero-order valence-corrected chi connectivity index (χ0v) is 20.8. The second kappa shape index (κ2) is 12.6. The predicted octanol–water partition coefficient (Wildman–Crippen LogP) is 4.92. The van der Waals surface area contributed by atoms with Crippen molar-refractivity contribution in [3.8, 4) is 0 Å². The lowest BCUT2D eigenvalue weighted by molar-refractivity contribution is -0.384. The Morgan fingerprint density at radius 1 is 1.16 bits per heavy atom. The number of hydrogen-bond acceptors (Lipinski definition) is 5. The summed E-state index contributed by atoms with van der Waals surface area (Å²) in [7, 11) is 0. The van der Waals surface area contributed by atoms with Gasteiger partial charge in [0.25, 0.3) is 5.69 Å². The van der Waals surface area contributed by atoms with E-state index < -0.39 is 11.0 Å². The number of halogens is 1. The average molecular weight is 522 g/mol. The van der Waals surface area contributed by atoms with Crippen molar-refractivity contribution in [3.05, 3.63) is 74.2 Å². The van der Waals surface area contributed by atoms with Crippen LogP contribution in [0.3, 0.4) is 0 Å².